The molecule has 0 amide bonds. The number of hydrogen-bond acceptors (Lipinski definition) is 2. The van der Waals surface area contributed by atoms with Gasteiger partial charge in [0.05, 0.1) is 6.61 Å². The predicted molar refractivity (Wildman–Crippen MR) is 63.1 cm³/mol. The van der Waals surface area contributed by atoms with E-state index in [2.05, 4.69) is 13.5 Å². The first-order valence-electron chi connectivity index (χ1n) is 5.30. The highest BCUT2D eigenvalue weighted by Gasteiger charge is 1.93. The molecule has 0 unspecified atom stereocenters. The van der Waals surface area contributed by atoms with Crippen molar-refractivity contribution in [1.29, 1.82) is 0 Å². The van der Waals surface area contributed by atoms with E-state index in [0.29, 0.717) is 13.2 Å². The fraction of sp³-hybridized carbons (Fsp3) is 0.385. The van der Waals surface area contributed by atoms with Crippen LogP contribution in [0.25, 0.3) is 6.08 Å². The molecule has 1 rings (SSSR count). The highest BCUT2D eigenvalue weighted by Crippen LogP contribution is 2.12. The summed E-state index contributed by atoms with van der Waals surface area (Å²) in [7, 11) is 0. The van der Waals surface area contributed by atoms with Gasteiger partial charge in [0, 0.05) is 6.61 Å². The predicted octanol–water partition coefficient (Wildman–Crippen LogP) is 3.14. The highest BCUT2D eigenvalue weighted by atomic mass is 16.5. The molecule has 2 nitrogen and oxygen atoms in total. The van der Waals surface area contributed by atoms with Crippen molar-refractivity contribution < 1.29 is 9.47 Å². The van der Waals surface area contributed by atoms with Crippen LogP contribution in [0.2, 0.25) is 0 Å². The lowest BCUT2D eigenvalue weighted by Gasteiger charge is -2.06. The summed E-state index contributed by atoms with van der Waals surface area (Å²) < 4.78 is 10.8. The van der Waals surface area contributed by atoms with Crippen LogP contribution in [-0.2, 0) is 4.74 Å². The second-order valence-corrected chi connectivity index (χ2v) is 3.23. The van der Waals surface area contributed by atoms with E-state index in [0.717, 1.165) is 24.3 Å². The maximum atomic E-state index is 5.49. The number of rotatable bonds is 7. The van der Waals surface area contributed by atoms with Gasteiger partial charge in [-0.25, -0.2) is 0 Å². The number of benzene rings is 1. The molecule has 2 heteroatoms. The van der Waals surface area contributed by atoms with Crippen molar-refractivity contribution in [2.45, 2.75) is 13.3 Å². The summed E-state index contributed by atoms with van der Waals surface area (Å²) >= 11 is 0. The third-order valence-corrected chi connectivity index (χ3v) is 1.96. The smallest absolute Gasteiger partial charge is 0.119 e. The van der Waals surface area contributed by atoms with E-state index in [9.17, 15) is 0 Å². The first-order valence-corrected chi connectivity index (χ1v) is 5.30. The average Bonchev–Trinajstić information content (AvgIpc) is 2.30. The molecule has 0 fully saturated rings. The topological polar surface area (TPSA) is 18.5 Å². The van der Waals surface area contributed by atoms with Gasteiger partial charge in [0.1, 0.15) is 12.4 Å². The van der Waals surface area contributed by atoms with E-state index in [1.807, 2.05) is 30.3 Å². The van der Waals surface area contributed by atoms with Crippen molar-refractivity contribution in [3.8, 4) is 5.75 Å². The first kappa shape index (κ1) is 11.8. The molecular formula is C13H18O2. The van der Waals surface area contributed by atoms with Crippen molar-refractivity contribution in [2.75, 3.05) is 19.8 Å². The van der Waals surface area contributed by atoms with E-state index in [1.165, 1.54) is 0 Å². The molecule has 0 saturated heterocycles. The molecule has 0 aliphatic carbocycles. The molecule has 15 heavy (non-hydrogen) atoms. The van der Waals surface area contributed by atoms with Crippen LogP contribution in [-0.4, -0.2) is 19.8 Å². The summed E-state index contributed by atoms with van der Waals surface area (Å²) in [5, 5.41) is 0. The molecule has 82 valence electrons. The van der Waals surface area contributed by atoms with Crippen LogP contribution in [0.15, 0.2) is 30.8 Å². The summed E-state index contributed by atoms with van der Waals surface area (Å²) in [5.74, 6) is 0.876. The summed E-state index contributed by atoms with van der Waals surface area (Å²) in [6.07, 6.45) is 2.86. The Hall–Kier alpha value is -1.28. The van der Waals surface area contributed by atoms with Gasteiger partial charge in [0.2, 0.25) is 0 Å². The summed E-state index contributed by atoms with van der Waals surface area (Å²) in [4.78, 5) is 0. The van der Waals surface area contributed by atoms with E-state index in [1.54, 1.807) is 0 Å². The Morgan fingerprint density at radius 3 is 2.47 bits per heavy atom. The quantitative estimate of drug-likeness (QED) is 0.638. The van der Waals surface area contributed by atoms with Crippen LogP contribution in [0, 0.1) is 0 Å². The highest BCUT2D eigenvalue weighted by molar-refractivity contribution is 5.48. The van der Waals surface area contributed by atoms with Crippen LogP contribution in [0.1, 0.15) is 18.9 Å². The number of ether oxygens (including phenoxy) is 2. The molecular weight excluding hydrogens is 188 g/mol. The molecule has 0 atom stereocenters. The number of hydrogen-bond donors (Lipinski definition) is 0. The minimum absolute atomic E-state index is 0.605. The van der Waals surface area contributed by atoms with Crippen molar-refractivity contribution in [3.63, 3.8) is 0 Å². The first-order chi connectivity index (χ1) is 7.36. The second-order valence-electron chi connectivity index (χ2n) is 3.23. The van der Waals surface area contributed by atoms with Gasteiger partial charge in [-0.3, -0.25) is 0 Å². The Bertz CT molecular complexity index is 277. The largest absolute Gasteiger partial charge is 0.491 e. The van der Waals surface area contributed by atoms with Gasteiger partial charge in [0.15, 0.2) is 0 Å². The van der Waals surface area contributed by atoms with Gasteiger partial charge in [-0.15, -0.1) is 0 Å². The third kappa shape index (κ3) is 4.66. The molecule has 0 spiro atoms. The molecule has 0 N–H and O–H groups in total. The monoisotopic (exact) mass is 206 g/mol. The zero-order chi connectivity index (χ0) is 10.9. The van der Waals surface area contributed by atoms with Crippen LogP contribution in [0.4, 0.5) is 0 Å². The Morgan fingerprint density at radius 2 is 1.87 bits per heavy atom. The Labute approximate surface area is 91.5 Å². The lowest BCUT2D eigenvalue weighted by Crippen LogP contribution is -2.06. The normalized spacial score (nSPS) is 9.93. The van der Waals surface area contributed by atoms with Crippen LogP contribution in [0.5, 0.6) is 5.75 Å². The van der Waals surface area contributed by atoms with E-state index in [4.69, 9.17) is 9.47 Å². The van der Waals surface area contributed by atoms with Gasteiger partial charge in [-0.05, 0) is 24.1 Å². The summed E-state index contributed by atoms with van der Waals surface area (Å²) in [5.41, 5.74) is 1.10. The van der Waals surface area contributed by atoms with Crippen LogP contribution >= 0.6 is 0 Å². The zero-order valence-electron chi connectivity index (χ0n) is 9.24. The molecule has 0 heterocycles. The summed E-state index contributed by atoms with van der Waals surface area (Å²) in [6, 6.07) is 7.85. The fourth-order valence-electron chi connectivity index (χ4n) is 1.16. The van der Waals surface area contributed by atoms with Crippen LogP contribution < -0.4 is 4.74 Å². The minimum Gasteiger partial charge on any atom is -0.491 e. The fourth-order valence-corrected chi connectivity index (χ4v) is 1.16. The molecule has 1 aromatic carbocycles. The Morgan fingerprint density at radius 1 is 1.13 bits per heavy atom. The van der Waals surface area contributed by atoms with E-state index >= 15 is 0 Å². The standard InChI is InChI=1S/C13H18O2/c1-3-9-14-10-11-15-13-7-5-12(4-2)6-8-13/h4-8H,2-3,9-11H2,1H3. The second kappa shape index (κ2) is 7.07. The molecule has 1 aromatic rings. The van der Waals surface area contributed by atoms with Gasteiger partial charge in [-0.2, -0.15) is 0 Å². The molecule has 0 radical (unpaired) electrons. The lowest BCUT2D eigenvalue weighted by molar-refractivity contribution is 0.101. The minimum atomic E-state index is 0.605. The molecule has 0 saturated carbocycles. The maximum Gasteiger partial charge on any atom is 0.119 e. The lowest BCUT2D eigenvalue weighted by atomic mass is 10.2. The third-order valence-electron chi connectivity index (χ3n) is 1.96. The average molecular weight is 206 g/mol. The van der Waals surface area contributed by atoms with Gasteiger partial charge in [-0.1, -0.05) is 31.7 Å². The van der Waals surface area contributed by atoms with Crippen molar-refractivity contribution in [2.24, 2.45) is 0 Å². The Kier molecular flexibility index (Phi) is 5.56. The van der Waals surface area contributed by atoms with E-state index < -0.39 is 0 Å². The Balaban J connectivity index is 2.22. The molecule has 0 bridgehead atoms. The van der Waals surface area contributed by atoms with Crippen molar-refractivity contribution in [1.82, 2.24) is 0 Å². The molecule has 0 aromatic heterocycles. The van der Waals surface area contributed by atoms with Gasteiger partial charge < -0.3 is 9.47 Å². The SMILES string of the molecule is C=Cc1ccc(OCCOCCC)cc1. The zero-order valence-corrected chi connectivity index (χ0v) is 9.24. The van der Waals surface area contributed by atoms with Crippen molar-refractivity contribution >= 4 is 6.08 Å². The van der Waals surface area contributed by atoms with Crippen LogP contribution in [0.3, 0.4) is 0 Å². The summed E-state index contributed by atoms with van der Waals surface area (Å²) in [6.45, 7) is 7.85. The molecule has 0 aliphatic heterocycles. The maximum absolute atomic E-state index is 5.49. The van der Waals surface area contributed by atoms with Gasteiger partial charge in [0.25, 0.3) is 0 Å². The molecule has 0 aliphatic rings. The van der Waals surface area contributed by atoms with Gasteiger partial charge >= 0.3 is 0 Å². The van der Waals surface area contributed by atoms with E-state index in [-0.39, 0.29) is 0 Å². The van der Waals surface area contributed by atoms with Crippen molar-refractivity contribution in [3.05, 3.63) is 36.4 Å².